The van der Waals surface area contributed by atoms with Crippen molar-refractivity contribution >= 4 is 35.3 Å². The van der Waals surface area contributed by atoms with Crippen molar-refractivity contribution in [1.82, 2.24) is 20.4 Å². The number of rotatable bonds is 4. The van der Waals surface area contributed by atoms with Crippen molar-refractivity contribution in [3.8, 4) is 0 Å². The quantitative estimate of drug-likeness (QED) is 0.114. The first-order valence-corrected chi connectivity index (χ1v) is 11.2. The maximum absolute atomic E-state index is 13.0. The maximum Gasteiger partial charge on any atom is 0.343 e. The zero-order chi connectivity index (χ0) is 25.3. The average Bonchev–Trinajstić information content (AvgIpc) is 3.38. The Morgan fingerprint density at radius 3 is 2.60 bits per heavy atom. The van der Waals surface area contributed by atoms with E-state index in [1.165, 1.54) is 11.0 Å². The molecule has 14 heteroatoms. The van der Waals surface area contributed by atoms with E-state index in [1.54, 1.807) is 19.1 Å². The number of aryl methyl sites for hydroxylation is 1. The second-order valence-electron chi connectivity index (χ2n) is 9.31. The average molecular weight is 487 g/mol. The highest BCUT2D eigenvalue weighted by molar-refractivity contribution is 6.02. The van der Waals surface area contributed by atoms with Gasteiger partial charge in [-0.15, -0.1) is 0 Å². The molecule has 0 aliphatic carbocycles. The van der Waals surface area contributed by atoms with Gasteiger partial charge in [-0.05, 0) is 30.7 Å². The van der Waals surface area contributed by atoms with Crippen molar-refractivity contribution in [2.24, 2.45) is 16.5 Å². The fourth-order valence-corrected chi connectivity index (χ4v) is 5.39. The van der Waals surface area contributed by atoms with Crippen LogP contribution in [0.1, 0.15) is 28.8 Å². The summed E-state index contributed by atoms with van der Waals surface area (Å²) in [5, 5.41) is 28.5. The normalized spacial score (nSPS) is 31.0. The predicted octanol–water partition coefficient (Wildman–Crippen LogP) is -5.42. The lowest BCUT2D eigenvalue weighted by atomic mass is 9.84. The number of hydrogen-bond acceptors (Lipinski definition) is 11. The molecule has 4 heterocycles. The number of guanidine groups is 2. The number of hydrogen-bond donors (Lipinski definition) is 8. The van der Waals surface area contributed by atoms with E-state index in [1.807, 2.05) is 0 Å². The van der Waals surface area contributed by atoms with Gasteiger partial charge in [0.15, 0.2) is 12.0 Å². The molecule has 0 aromatic heterocycles. The number of amides is 3. The van der Waals surface area contributed by atoms with Gasteiger partial charge in [-0.3, -0.25) is 34.9 Å². The highest BCUT2D eigenvalue weighted by Crippen LogP contribution is 2.41. The predicted molar refractivity (Wildman–Crippen MR) is 122 cm³/mol. The fourth-order valence-electron chi connectivity index (χ4n) is 5.39. The SMILES string of the molecule is Cc1cc(C(=O)N[C@H]2CN3C(N)=N[C@@H](CN4C(=O)CCC4=O)[C@@H]4[NH+]=C(N)N[C@@]43C2(O)O)ccc1N. The molecular weight excluding hydrogens is 458 g/mol. The molecule has 1 aromatic rings. The smallest absolute Gasteiger partial charge is 0.343 e. The Morgan fingerprint density at radius 2 is 1.94 bits per heavy atom. The summed E-state index contributed by atoms with van der Waals surface area (Å²) < 4.78 is 0. The molecule has 4 atom stereocenters. The van der Waals surface area contributed by atoms with Crippen LogP contribution in [0.5, 0.6) is 0 Å². The molecule has 1 aromatic carbocycles. The summed E-state index contributed by atoms with van der Waals surface area (Å²) in [7, 11) is 0. The molecule has 14 nitrogen and oxygen atoms in total. The summed E-state index contributed by atoms with van der Waals surface area (Å²) in [5.41, 5.74) is 17.9. The van der Waals surface area contributed by atoms with Gasteiger partial charge >= 0.3 is 5.96 Å². The van der Waals surface area contributed by atoms with Gasteiger partial charge < -0.3 is 27.0 Å². The number of likely N-dealkylation sites (tertiary alicyclic amines) is 1. The molecule has 1 spiro atoms. The third kappa shape index (κ3) is 3.20. The second-order valence-corrected chi connectivity index (χ2v) is 9.31. The summed E-state index contributed by atoms with van der Waals surface area (Å²) in [4.78, 5) is 47.3. The lowest BCUT2D eigenvalue weighted by Gasteiger charge is -2.46. The molecule has 4 aliphatic heterocycles. The highest BCUT2D eigenvalue weighted by atomic mass is 16.5. The van der Waals surface area contributed by atoms with Crippen LogP contribution in [-0.4, -0.2) is 92.3 Å². The Kier molecular flexibility index (Phi) is 4.93. The van der Waals surface area contributed by atoms with E-state index in [4.69, 9.17) is 17.2 Å². The van der Waals surface area contributed by atoms with Crippen molar-refractivity contribution in [2.45, 2.75) is 49.3 Å². The zero-order valence-electron chi connectivity index (χ0n) is 19.0. The molecule has 11 N–H and O–H groups in total. The van der Waals surface area contributed by atoms with Gasteiger partial charge in [0, 0.05) is 24.1 Å². The van der Waals surface area contributed by atoms with E-state index in [-0.39, 0.29) is 49.7 Å². The van der Waals surface area contributed by atoms with Gasteiger partial charge in [-0.2, -0.15) is 0 Å². The Balaban J connectivity index is 1.46. The lowest BCUT2D eigenvalue weighted by Crippen LogP contribution is -2.90. The number of nitrogen functional groups attached to an aromatic ring is 1. The maximum atomic E-state index is 13.0. The van der Waals surface area contributed by atoms with Crippen LogP contribution >= 0.6 is 0 Å². The fraction of sp³-hybridized carbons (Fsp3) is 0.476. The molecule has 5 rings (SSSR count). The number of aliphatic imine (C=N–C) groups is 1. The largest absolute Gasteiger partial charge is 0.399 e. The van der Waals surface area contributed by atoms with Gasteiger partial charge in [0.1, 0.15) is 12.1 Å². The number of anilines is 1. The molecule has 35 heavy (non-hydrogen) atoms. The molecule has 2 fully saturated rings. The molecule has 3 amide bonds. The first-order chi connectivity index (χ1) is 16.5. The minimum absolute atomic E-state index is 0.0302. The molecule has 186 valence electrons. The van der Waals surface area contributed by atoms with Crippen molar-refractivity contribution in [3.63, 3.8) is 0 Å². The Morgan fingerprint density at radius 1 is 1.26 bits per heavy atom. The molecule has 0 unspecified atom stereocenters. The van der Waals surface area contributed by atoms with E-state index in [9.17, 15) is 24.6 Å². The third-order valence-corrected chi connectivity index (χ3v) is 7.25. The van der Waals surface area contributed by atoms with Crippen LogP contribution in [0.4, 0.5) is 5.69 Å². The van der Waals surface area contributed by atoms with Gasteiger partial charge in [-0.25, -0.2) is 10.3 Å². The second kappa shape index (κ2) is 7.55. The Bertz CT molecular complexity index is 1180. The number of nitrogens with two attached hydrogens (primary N) is 3. The number of nitrogens with one attached hydrogen (secondary N) is 3. The van der Waals surface area contributed by atoms with Crippen LogP contribution in [0.3, 0.4) is 0 Å². The first kappa shape index (κ1) is 22.9. The van der Waals surface area contributed by atoms with Crippen LogP contribution in [0.15, 0.2) is 23.2 Å². The highest BCUT2D eigenvalue weighted by Gasteiger charge is 2.76. The number of aliphatic hydroxyl groups is 2. The molecular formula is C21H28N9O5+. The van der Waals surface area contributed by atoms with E-state index in [0.29, 0.717) is 16.8 Å². The van der Waals surface area contributed by atoms with Crippen molar-refractivity contribution < 1.29 is 29.6 Å². The van der Waals surface area contributed by atoms with Crippen molar-refractivity contribution in [1.29, 1.82) is 0 Å². The summed E-state index contributed by atoms with van der Waals surface area (Å²) in [5.74, 6) is -3.83. The molecule has 4 aliphatic rings. The number of carbonyl (C=O) groups excluding carboxylic acids is 3. The summed E-state index contributed by atoms with van der Waals surface area (Å²) in [6, 6.07) is 1.79. The lowest BCUT2D eigenvalue weighted by molar-refractivity contribution is -0.521. The zero-order valence-corrected chi connectivity index (χ0v) is 19.0. The summed E-state index contributed by atoms with van der Waals surface area (Å²) in [6.45, 7) is 1.54. The molecule has 0 saturated carbocycles. The van der Waals surface area contributed by atoms with Gasteiger partial charge in [-0.1, -0.05) is 0 Å². The van der Waals surface area contributed by atoms with E-state index >= 15 is 0 Å². The first-order valence-electron chi connectivity index (χ1n) is 11.2. The number of imide groups is 1. The van der Waals surface area contributed by atoms with Crippen LogP contribution in [0.2, 0.25) is 0 Å². The minimum atomic E-state index is -2.60. The standard InChI is InChI=1S/C21H27N9O5/c1-9-6-10(2-3-11(9)22)17(33)26-13-8-30-19(24)25-12(7-29-14(31)4-5-15(29)32)16-20(30,21(13,34)35)28-18(23)27-16/h2-3,6,12-13,16,34-35H,4-5,7-8,22H2,1H3,(H2,24,25)(H,26,33)(H3,23,27,28)/p+1/t12-,13-,16-,20-/m0/s1. The summed E-state index contributed by atoms with van der Waals surface area (Å²) >= 11 is 0. The Hall–Kier alpha value is -3.91. The van der Waals surface area contributed by atoms with Gasteiger partial charge in [0.25, 0.3) is 11.6 Å². The summed E-state index contributed by atoms with van der Waals surface area (Å²) in [6.07, 6.45) is 0.213. The molecule has 0 radical (unpaired) electrons. The number of nitrogens with zero attached hydrogens (tertiary/aromatic N) is 3. The van der Waals surface area contributed by atoms with Crippen LogP contribution in [0, 0.1) is 6.92 Å². The van der Waals surface area contributed by atoms with Crippen LogP contribution < -0.4 is 32.8 Å². The van der Waals surface area contributed by atoms with E-state index in [2.05, 4.69) is 20.6 Å². The van der Waals surface area contributed by atoms with E-state index < -0.39 is 35.5 Å². The van der Waals surface area contributed by atoms with Crippen molar-refractivity contribution in [3.05, 3.63) is 29.3 Å². The van der Waals surface area contributed by atoms with E-state index in [0.717, 1.165) is 4.90 Å². The number of benzene rings is 1. The monoisotopic (exact) mass is 486 g/mol. The number of carbonyl (C=O) groups is 3. The topological polar surface area (TPSA) is 227 Å². The minimum Gasteiger partial charge on any atom is -0.399 e. The van der Waals surface area contributed by atoms with Gasteiger partial charge in [0.2, 0.25) is 17.6 Å². The van der Waals surface area contributed by atoms with Crippen molar-refractivity contribution in [2.75, 3.05) is 18.8 Å². The Labute approximate surface area is 199 Å². The van der Waals surface area contributed by atoms with Crippen LogP contribution in [0.25, 0.3) is 0 Å². The van der Waals surface area contributed by atoms with Crippen LogP contribution in [-0.2, 0) is 9.59 Å². The molecule has 0 bridgehead atoms. The molecule has 2 saturated heterocycles. The third-order valence-electron chi connectivity index (χ3n) is 7.25. The van der Waals surface area contributed by atoms with Gasteiger partial charge in [0.05, 0.1) is 13.1 Å².